The predicted molar refractivity (Wildman–Crippen MR) is 50.4 cm³/mol. The van der Waals surface area contributed by atoms with E-state index in [-0.39, 0.29) is 19.0 Å². The largest absolute Gasteiger partial charge is 0.395 e. The van der Waals surface area contributed by atoms with Crippen molar-refractivity contribution < 1.29 is 5.11 Å². The molecule has 1 rings (SSSR count). The van der Waals surface area contributed by atoms with Gasteiger partial charge in [0.1, 0.15) is 0 Å². The second-order valence-corrected chi connectivity index (χ2v) is 2.81. The Bertz CT molecular complexity index is 167. The van der Waals surface area contributed by atoms with Crippen molar-refractivity contribution in [2.75, 3.05) is 13.2 Å². The Kier molecular flexibility index (Phi) is 6.56. The van der Waals surface area contributed by atoms with E-state index in [1.807, 2.05) is 0 Å². The highest BCUT2D eigenvalue weighted by molar-refractivity contribution is 7.07. The Hall–Kier alpha value is -0.0900. The Morgan fingerprint density at radius 1 is 1.55 bits per heavy atom. The zero-order valence-electron chi connectivity index (χ0n) is 6.12. The molecule has 2 N–H and O–H groups in total. The molecule has 0 saturated carbocycles. The van der Waals surface area contributed by atoms with Crippen LogP contribution in [0.5, 0.6) is 0 Å². The van der Waals surface area contributed by atoms with Crippen LogP contribution < -0.4 is 5.32 Å². The molecule has 0 spiro atoms. The molecule has 0 radical (unpaired) electrons. The van der Waals surface area contributed by atoms with Gasteiger partial charge in [-0.3, -0.25) is 0 Å². The first-order chi connectivity index (χ1) is 4.93. The molecule has 0 aliphatic rings. The van der Waals surface area contributed by atoms with E-state index in [0.717, 1.165) is 6.54 Å². The number of thiophene rings is 1. The van der Waals surface area contributed by atoms with Gasteiger partial charge in [0.05, 0.1) is 6.61 Å². The van der Waals surface area contributed by atoms with E-state index >= 15 is 0 Å². The normalized spacial score (nSPS) is 9.18. The average molecular weight is 194 g/mol. The van der Waals surface area contributed by atoms with Crippen LogP contribution in [0.15, 0.2) is 16.8 Å². The summed E-state index contributed by atoms with van der Waals surface area (Å²) in [4.78, 5) is 0. The van der Waals surface area contributed by atoms with Crippen LogP contribution in [0.4, 0.5) is 0 Å². The van der Waals surface area contributed by atoms with Crippen LogP contribution in [-0.2, 0) is 6.54 Å². The van der Waals surface area contributed by atoms with Crippen molar-refractivity contribution in [3.63, 3.8) is 0 Å². The summed E-state index contributed by atoms with van der Waals surface area (Å²) in [7, 11) is 0. The SMILES string of the molecule is Cl.OCCNCc1ccsc1. The maximum absolute atomic E-state index is 8.43. The molecule has 0 aliphatic carbocycles. The van der Waals surface area contributed by atoms with Gasteiger partial charge in [0.15, 0.2) is 0 Å². The van der Waals surface area contributed by atoms with Crippen molar-refractivity contribution in [3.05, 3.63) is 22.4 Å². The van der Waals surface area contributed by atoms with Gasteiger partial charge in [-0.25, -0.2) is 0 Å². The standard InChI is InChI=1S/C7H11NOS.ClH/c9-3-2-8-5-7-1-4-10-6-7;/h1,4,6,8-9H,2-3,5H2;1H. The molecule has 0 bridgehead atoms. The van der Waals surface area contributed by atoms with E-state index in [0.29, 0.717) is 6.54 Å². The Morgan fingerprint density at radius 3 is 2.91 bits per heavy atom. The number of nitrogens with one attached hydrogen (secondary N) is 1. The molecule has 1 aromatic rings. The quantitative estimate of drug-likeness (QED) is 0.706. The van der Waals surface area contributed by atoms with Crippen LogP contribution in [-0.4, -0.2) is 18.3 Å². The fourth-order valence-corrected chi connectivity index (χ4v) is 1.37. The molecule has 11 heavy (non-hydrogen) atoms. The fraction of sp³-hybridized carbons (Fsp3) is 0.429. The number of hydrogen-bond donors (Lipinski definition) is 2. The van der Waals surface area contributed by atoms with Gasteiger partial charge in [-0.05, 0) is 22.4 Å². The lowest BCUT2D eigenvalue weighted by Crippen LogP contribution is -2.16. The van der Waals surface area contributed by atoms with Gasteiger partial charge in [-0.1, -0.05) is 0 Å². The molecular weight excluding hydrogens is 182 g/mol. The number of aliphatic hydroxyl groups excluding tert-OH is 1. The molecule has 0 saturated heterocycles. The summed E-state index contributed by atoms with van der Waals surface area (Å²) < 4.78 is 0. The molecule has 0 unspecified atom stereocenters. The van der Waals surface area contributed by atoms with Gasteiger partial charge in [0.25, 0.3) is 0 Å². The van der Waals surface area contributed by atoms with Crippen LogP contribution in [0.2, 0.25) is 0 Å². The third-order valence-corrected chi connectivity index (χ3v) is 1.93. The second kappa shape index (κ2) is 6.61. The highest BCUT2D eigenvalue weighted by atomic mass is 35.5. The Morgan fingerprint density at radius 2 is 2.36 bits per heavy atom. The minimum atomic E-state index is 0. The maximum Gasteiger partial charge on any atom is 0.0556 e. The summed E-state index contributed by atoms with van der Waals surface area (Å²) in [5, 5.41) is 15.7. The van der Waals surface area contributed by atoms with Crippen molar-refractivity contribution >= 4 is 23.7 Å². The van der Waals surface area contributed by atoms with Gasteiger partial charge in [0.2, 0.25) is 0 Å². The molecule has 0 atom stereocenters. The predicted octanol–water partition coefficient (Wildman–Crippen LogP) is 1.25. The van der Waals surface area contributed by atoms with Gasteiger partial charge in [0, 0.05) is 13.1 Å². The summed E-state index contributed by atoms with van der Waals surface area (Å²) >= 11 is 1.70. The first-order valence-electron chi connectivity index (χ1n) is 3.26. The molecule has 1 heterocycles. The van der Waals surface area contributed by atoms with Crippen molar-refractivity contribution in [1.29, 1.82) is 0 Å². The Labute approximate surface area is 76.7 Å². The van der Waals surface area contributed by atoms with E-state index < -0.39 is 0 Å². The molecule has 0 fully saturated rings. The summed E-state index contributed by atoms with van der Waals surface area (Å²) in [6, 6.07) is 2.08. The van der Waals surface area contributed by atoms with E-state index in [1.54, 1.807) is 11.3 Å². The van der Waals surface area contributed by atoms with E-state index in [9.17, 15) is 0 Å². The molecule has 0 amide bonds. The summed E-state index contributed by atoms with van der Waals surface area (Å²) in [6.07, 6.45) is 0. The van der Waals surface area contributed by atoms with Crippen LogP contribution in [0.1, 0.15) is 5.56 Å². The van der Waals surface area contributed by atoms with Crippen LogP contribution in [0.25, 0.3) is 0 Å². The zero-order chi connectivity index (χ0) is 7.23. The number of aliphatic hydroxyl groups is 1. The number of rotatable bonds is 4. The molecule has 0 aromatic carbocycles. The van der Waals surface area contributed by atoms with Gasteiger partial charge >= 0.3 is 0 Å². The fourth-order valence-electron chi connectivity index (χ4n) is 0.705. The minimum Gasteiger partial charge on any atom is -0.395 e. The van der Waals surface area contributed by atoms with Crippen LogP contribution in [0, 0.1) is 0 Å². The van der Waals surface area contributed by atoms with Crippen molar-refractivity contribution in [2.45, 2.75) is 6.54 Å². The molecule has 0 aliphatic heterocycles. The summed E-state index contributed by atoms with van der Waals surface area (Å²) in [5.41, 5.74) is 1.29. The summed E-state index contributed by atoms with van der Waals surface area (Å²) in [5.74, 6) is 0. The molecule has 2 nitrogen and oxygen atoms in total. The molecule has 64 valence electrons. The van der Waals surface area contributed by atoms with Gasteiger partial charge < -0.3 is 10.4 Å². The Balaban J connectivity index is 0.000001000. The highest BCUT2D eigenvalue weighted by Gasteiger charge is 1.89. The van der Waals surface area contributed by atoms with E-state index in [2.05, 4.69) is 22.1 Å². The van der Waals surface area contributed by atoms with E-state index in [4.69, 9.17) is 5.11 Å². The third-order valence-electron chi connectivity index (χ3n) is 1.20. The highest BCUT2D eigenvalue weighted by Crippen LogP contribution is 2.04. The van der Waals surface area contributed by atoms with Crippen LogP contribution in [0.3, 0.4) is 0 Å². The molecular formula is C7H12ClNOS. The zero-order valence-corrected chi connectivity index (χ0v) is 7.75. The first-order valence-corrected chi connectivity index (χ1v) is 4.20. The average Bonchev–Trinajstić information content (AvgIpc) is 2.41. The van der Waals surface area contributed by atoms with Gasteiger partial charge in [-0.2, -0.15) is 11.3 Å². The lowest BCUT2D eigenvalue weighted by Gasteiger charge is -1.97. The summed E-state index contributed by atoms with van der Waals surface area (Å²) in [6.45, 7) is 1.75. The van der Waals surface area contributed by atoms with Crippen LogP contribution >= 0.6 is 23.7 Å². The van der Waals surface area contributed by atoms with Gasteiger partial charge in [-0.15, -0.1) is 12.4 Å². The minimum absolute atomic E-state index is 0. The van der Waals surface area contributed by atoms with E-state index in [1.165, 1.54) is 5.56 Å². The van der Waals surface area contributed by atoms with Crippen molar-refractivity contribution in [3.8, 4) is 0 Å². The third kappa shape index (κ3) is 4.37. The first kappa shape index (κ1) is 10.9. The number of halogens is 1. The molecule has 4 heteroatoms. The molecule has 1 aromatic heterocycles. The van der Waals surface area contributed by atoms with Crippen molar-refractivity contribution in [1.82, 2.24) is 5.32 Å². The lowest BCUT2D eigenvalue weighted by molar-refractivity contribution is 0.292. The second-order valence-electron chi connectivity index (χ2n) is 2.03. The smallest absolute Gasteiger partial charge is 0.0556 e. The number of hydrogen-bond acceptors (Lipinski definition) is 3. The topological polar surface area (TPSA) is 32.3 Å². The lowest BCUT2D eigenvalue weighted by atomic mass is 10.3. The van der Waals surface area contributed by atoms with Crippen molar-refractivity contribution in [2.24, 2.45) is 0 Å². The maximum atomic E-state index is 8.43. The monoisotopic (exact) mass is 193 g/mol.